The third-order valence-electron chi connectivity index (χ3n) is 4.72. The lowest BCUT2D eigenvalue weighted by Crippen LogP contribution is -2.32. The molecule has 0 atom stereocenters. The van der Waals surface area contributed by atoms with Crippen molar-refractivity contribution in [2.24, 2.45) is 11.8 Å². The molecule has 2 fully saturated rings. The van der Waals surface area contributed by atoms with Gasteiger partial charge in [-0.05, 0) is 37.5 Å². The average Bonchev–Trinajstić information content (AvgIpc) is 3.22. The van der Waals surface area contributed by atoms with Crippen LogP contribution in [0.3, 0.4) is 0 Å². The van der Waals surface area contributed by atoms with Crippen molar-refractivity contribution in [3.8, 4) is 0 Å². The van der Waals surface area contributed by atoms with Gasteiger partial charge in [-0.25, -0.2) is 0 Å². The molecule has 0 bridgehead atoms. The maximum Gasteiger partial charge on any atom is 0.226 e. The zero-order valence-electron chi connectivity index (χ0n) is 13.6. The van der Waals surface area contributed by atoms with E-state index in [-0.39, 0.29) is 0 Å². The maximum atomic E-state index is 5.38. The number of rotatable bonds is 7. The van der Waals surface area contributed by atoms with Gasteiger partial charge in [0, 0.05) is 19.0 Å². The molecule has 0 aliphatic heterocycles. The first-order chi connectivity index (χ1) is 10.2. The molecule has 0 saturated heterocycles. The van der Waals surface area contributed by atoms with Crippen LogP contribution in [0.1, 0.15) is 70.5 Å². The van der Waals surface area contributed by atoms with Crippen molar-refractivity contribution in [2.45, 2.75) is 77.8 Å². The molecular weight excluding hydrogens is 262 g/mol. The van der Waals surface area contributed by atoms with Gasteiger partial charge in [0.15, 0.2) is 5.82 Å². The number of aromatic nitrogens is 2. The summed E-state index contributed by atoms with van der Waals surface area (Å²) >= 11 is 0. The molecule has 2 aliphatic rings. The second-order valence-electron chi connectivity index (χ2n) is 7.37. The monoisotopic (exact) mass is 291 g/mol. The van der Waals surface area contributed by atoms with Crippen LogP contribution in [0.4, 0.5) is 0 Å². The second kappa shape index (κ2) is 6.91. The van der Waals surface area contributed by atoms with Gasteiger partial charge in [0.2, 0.25) is 5.89 Å². The summed E-state index contributed by atoms with van der Waals surface area (Å²) in [5, 5.41) is 4.18. The summed E-state index contributed by atoms with van der Waals surface area (Å²) in [5.74, 6) is 3.14. The van der Waals surface area contributed by atoms with Crippen molar-refractivity contribution in [1.29, 1.82) is 0 Å². The van der Waals surface area contributed by atoms with Crippen molar-refractivity contribution in [2.75, 3.05) is 6.54 Å². The fourth-order valence-corrected chi connectivity index (χ4v) is 3.45. The van der Waals surface area contributed by atoms with Gasteiger partial charge in [-0.15, -0.1) is 0 Å². The zero-order valence-corrected chi connectivity index (χ0v) is 13.6. The van der Waals surface area contributed by atoms with Crippen molar-refractivity contribution in [3.05, 3.63) is 11.7 Å². The lowest BCUT2D eigenvalue weighted by atomic mass is 9.89. The van der Waals surface area contributed by atoms with Gasteiger partial charge in [0.05, 0.1) is 6.54 Å². The predicted octanol–water partition coefficient (Wildman–Crippen LogP) is 3.81. The van der Waals surface area contributed by atoms with E-state index in [2.05, 4.69) is 28.9 Å². The van der Waals surface area contributed by atoms with Gasteiger partial charge in [0.25, 0.3) is 0 Å². The molecule has 3 rings (SSSR count). The Kier molecular flexibility index (Phi) is 4.94. The van der Waals surface area contributed by atoms with Crippen LogP contribution >= 0.6 is 0 Å². The Hall–Kier alpha value is -0.900. The molecule has 0 amide bonds. The normalized spacial score (nSPS) is 20.6. The van der Waals surface area contributed by atoms with Crippen LogP contribution in [0.2, 0.25) is 0 Å². The number of hydrogen-bond donors (Lipinski definition) is 0. The molecule has 0 unspecified atom stereocenters. The number of hydrogen-bond acceptors (Lipinski definition) is 4. The van der Waals surface area contributed by atoms with Crippen LogP contribution in [-0.4, -0.2) is 27.6 Å². The largest absolute Gasteiger partial charge is 0.339 e. The maximum absolute atomic E-state index is 5.38. The Bertz CT molecular complexity index is 433. The van der Waals surface area contributed by atoms with Gasteiger partial charge in [-0.3, -0.25) is 4.90 Å². The third kappa shape index (κ3) is 4.53. The Labute approximate surface area is 128 Å². The Morgan fingerprint density at radius 3 is 2.57 bits per heavy atom. The topological polar surface area (TPSA) is 42.2 Å². The highest BCUT2D eigenvalue weighted by atomic mass is 16.5. The van der Waals surface area contributed by atoms with Crippen LogP contribution in [0, 0.1) is 11.8 Å². The molecule has 0 N–H and O–H groups in total. The molecule has 21 heavy (non-hydrogen) atoms. The minimum atomic E-state index is 0.570. The van der Waals surface area contributed by atoms with E-state index in [0.29, 0.717) is 5.92 Å². The Balaban J connectivity index is 1.55. The average molecular weight is 291 g/mol. The smallest absolute Gasteiger partial charge is 0.226 e. The summed E-state index contributed by atoms with van der Waals surface area (Å²) in [6.07, 6.45) is 10.7. The molecule has 1 aromatic rings. The van der Waals surface area contributed by atoms with Gasteiger partial charge >= 0.3 is 0 Å². The molecule has 1 heterocycles. The predicted molar refractivity (Wildman–Crippen MR) is 82.8 cm³/mol. The molecule has 0 spiro atoms. The van der Waals surface area contributed by atoms with Crippen molar-refractivity contribution in [3.63, 3.8) is 0 Å². The SMILES string of the molecule is CC(C)Cc1nc(CN(CC2CCCCC2)C2CC2)no1. The molecule has 4 heteroatoms. The Morgan fingerprint density at radius 2 is 1.90 bits per heavy atom. The van der Waals surface area contributed by atoms with Gasteiger partial charge in [-0.2, -0.15) is 4.98 Å². The van der Waals surface area contributed by atoms with Gasteiger partial charge < -0.3 is 4.52 Å². The summed E-state index contributed by atoms with van der Waals surface area (Å²) < 4.78 is 5.38. The van der Waals surface area contributed by atoms with E-state index in [9.17, 15) is 0 Å². The fraction of sp³-hybridized carbons (Fsp3) is 0.882. The van der Waals surface area contributed by atoms with E-state index in [4.69, 9.17) is 4.52 Å². The van der Waals surface area contributed by atoms with Crippen LogP contribution in [0.5, 0.6) is 0 Å². The molecule has 4 nitrogen and oxygen atoms in total. The lowest BCUT2D eigenvalue weighted by molar-refractivity contribution is 0.180. The molecule has 2 aliphatic carbocycles. The van der Waals surface area contributed by atoms with E-state index >= 15 is 0 Å². The van der Waals surface area contributed by atoms with E-state index in [1.165, 1.54) is 51.5 Å². The van der Waals surface area contributed by atoms with Gasteiger partial charge in [-0.1, -0.05) is 38.3 Å². The number of nitrogens with zero attached hydrogens (tertiary/aromatic N) is 3. The second-order valence-corrected chi connectivity index (χ2v) is 7.37. The van der Waals surface area contributed by atoms with Crippen molar-refractivity contribution in [1.82, 2.24) is 15.0 Å². The highest BCUT2D eigenvalue weighted by molar-refractivity contribution is 4.92. The fourth-order valence-electron chi connectivity index (χ4n) is 3.45. The molecule has 2 saturated carbocycles. The molecule has 0 aromatic carbocycles. The summed E-state index contributed by atoms with van der Waals surface area (Å²) in [7, 11) is 0. The highest BCUT2D eigenvalue weighted by Crippen LogP contribution is 2.32. The minimum Gasteiger partial charge on any atom is -0.339 e. The molecule has 118 valence electrons. The van der Waals surface area contributed by atoms with Crippen LogP contribution in [-0.2, 0) is 13.0 Å². The zero-order chi connectivity index (χ0) is 14.7. The summed E-state index contributed by atoms with van der Waals surface area (Å²) in [6, 6.07) is 0.777. The standard InChI is InChI=1S/C17H29N3O/c1-13(2)10-17-18-16(19-21-17)12-20(15-8-9-15)11-14-6-4-3-5-7-14/h13-15H,3-12H2,1-2H3. The summed E-state index contributed by atoms with van der Waals surface area (Å²) in [4.78, 5) is 7.19. The first kappa shape index (κ1) is 15.0. The molecular formula is C17H29N3O. The lowest BCUT2D eigenvalue weighted by Gasteiger charge is -2.28. The van der Waals surface area contributed by atoms with E-state index in [1.807, 2.05) is 0 Å². The van der Waals surface area contributed by atoms with Crippen LogP contribution in [0.15, 0.2) is 4.52 Å². The van der Waals surface area contributed by atoms with E-state index < -0.39 is 0 Å². The van der Waals surface area contributed by atoms with Gasteiger partial charge in [0.1, 0.15) is 0 Å². The first-order valence-corrected chi connectivity index (χ1v) is 8.76. The van der Waals surface area contributed by atoms with E-state index in [1.54, 1.807) is 0 Å². The third-order valence-corrected chi connectivity index (χ3v) is 4.72. The van der Waals surface area contributed by atoms with Crippen LogP contribution in [0.25, 0.3) is 0 Å². The van der Waals surface area contributed by atoms with E-state index in [0.717, 1.165) is 36.6 Å². The van der Waals surface area contributed by atoms with Crippen LogP contribution < -0.4 is 0 Å². The highest BCUT2D eigenvalue weighted by Gasteiger charge is 2.31. The minimum absolute atomic E-state index is 0.570. The first-order valence-electron chi connectivity index (χ1n) is 8.76. The molecule has 1 aromatic heterocycles. The van der Waals surface area contributed by atoms with Crippen molar-refractivity contribution < 1.29 is 4.52 Å². The Morgan fingerprint density at radius 1 is 1.14 bits per heavy atom. The van der Waals surface area contributed by atoms with Crippen molar-refractivity contribution >= 4 is 0 Å². The summed E-state index contributed by atoms with van der Waals surface area (Å²) in [6.45, 7) is 6.48. The quantitative estimate of drug-likeness (QED) is 0.766. The summed E-state index contributed by atoms with van der Waals surface area (Å²) in [5.41, 5.74) is 0. The molecule has 0 radical (unpaired) electrons.